The molecule has 0 N–H and O–H groups in total. The number of hydrogen-bond donors (Lipinski definition) is 0. The van der Waals surface area contributed by atoms with E-state index in [1.165, 1.54) is 0 Å². The van der Waals surface area contributed by atoms with E-state index in [2.05, 4.69) is 21.8 Å². The van der Waals surface area contributed by atoms with Gasteiger partial charge in [-0.1, -0.05) is 6.07 Å². The van der Waals surface area contributed by atoms with Gasteiger partial charge in [-0.25, -0.2) is 4.98 Å². The zero-order valence-corrected chi connectivity index (χ0v) is 16.5. The van der Waals surface area contributed by atoms with Gasteiger partial charge in [0, 0.05) is 44.3 Å². The average molecular weight is 370 g/mol. The predicted molar refractivity (Wildman–Crippen MR) is 103 cm³/mol. The van der Waals surface area contributed by atoms with Gasteiger partial charge < -0.3 is 14.7 Å². The van der Waals surface area contributed by atoms with Crippen LogP contribution in [0.5, 0.6) is 0 Å². The van der Waals surface area contributed by atoms with Crippen molar-refractivity contribution in [3.05, 3.63) is 29.6 Å². The molecule has 1 aromatic rings. The van der Waals surface area contributed by atoms with Crippen LogP contribution in [0.1, 0.15) is 48.3 Å². The maximum atomic E-state index is 12.8. The van der Waals surface area contributed by atoms with Crippen molar-refractivity contribution in [3.63, 3.8) is 0 Å². The van der Waals surface area contributed by atoms with Crippen LogP contribution in [-0.4, -0.2) is 77.3 Å². The highest BCUT2D eigenvalue weighted by Crippen LogP contribution is 2.41. The first kappa shape index (κ1) is 18.4. The Balaban J connectivity index is 1.40. The van der Waals surface area contributed by atoms with E-state index in [9.17, 15) is 9.59 Å². The lowest BCUT2D eigenvalue weighted by Gasteiger charge is -2.48. The molecule has 3 saturated heterocycles. The Morgan fingerprint density at radius 2 is 1.96 bits per heavy atom. The zero-order valence-electron chi connectivity index (χ0n) is 16.5. The minimum atomic E-state index is 0.0368. The van der Waals surface area contributed by atoms with Crippen molar-refractivity contribution >= 4 is 11.8 Å². The number of carbonyl (C=O) groups excluding carboxylic acids is 2. The van der Waals surface area contributed by atoms with Gasteiger partial charge in [-0.3, -0.25) is 9.59 Å². The third-order valence-corrected chi connectivity index (χ3v) is 6.72. The lowest BCUT2D eigenvalue weighted by molar-refractivity contribution is -0.141. The molecule has 0 radical (unpaired) electrons. The van der Waals surface area contributed by atoms with E-state index in [0.29, 0.717) is 24.1 Å². The molecular weight excluding hydrogens is 340 g/mol. The van der Waals surface area contributed by atoms with Crippen molar-refractivity contribution in [3.8, 4) is 0 Å². The number of piperidine rings is 2. The van der Waals surface area contributed by atoms with Crippen molar-refractivity contribution in [2.45, 2.75) is 45.1 Å². The summed E-state index contributed by atoms with van der Waals surface area (Å²) >= 11 is 0. The highest BCUT2D eigenvalue weighted by Gasteiger charge is 2.44. The van der Waals surface area contributed by atoms with E-state index in [4.69, 9.17) is 0 Å². The SMILES string of the molecule is Cc1cccc(C(=O)N2CCC3(CCC(=O)N(C4CCN(C)C4)C3)CC2)n1. The Morgan fingerprint density at radius 1 is 1.19 bits per heavy atom. The Labute approximate surface area is 161 Å². The molecule has 1 unspecified atom stereocenters. The molecule has 3 aliphatic heterocycles. The molecular formula is C21H30N4O2. The monoisotopic (exact) mass is 370 g/mol. The van der Waals surface area contributed by atoms with Crippen LogP contribution in [-0.2, 0) is 4.79 Å². The summed E-state index contributed by atoms with van der Waals surface area (Å²) in [7, 11) is 2.13. The number of aryl methyl sites for hydroxylation is 1. The number of rotatable bonds is 2. The molecule has 0 aromatic carbocycles. The van der Waals surface area contributed by atoms with Gasteiger partial charge in [0.25, 0.3) is 5.91 Å². The second kappa shape index (κ2) is 7.23. The molecule has 6 heteroatoms. The summed E-state index contributed by atoms with van der Waals surface area (Å²) in [6.45, 7) is 6.38. The van der Waals surface area contributed by atoms with Crippen LogP contribution in [0, 0.1) is 12.3 Å². The molecule has 4 heterocycles. The van der Waals surface area contributed by atoms with Crippen molar-refractivity contribution < 1.29 is 9.59 Å². The highest BCUT2D eigenvalue weighted by molar-refractivity contribution is 5.92. The second-order valence-electron chi connectivity index (χ2n) is 8.68. The van der Waals surface area contributed by atoms with Gasteiger partial charge in [-0.2, -0.15) is 0 Å². The van der Waals surface area contributed by atoms with Crippen molar-refractivity contribution in [1.82, 2.24) is 19.7 Å². The van der Waals surface area contributed by atoms with E-state index in [1.54, 1.807) is 6.07 Å². The fourth-order valence-corrected chi connectivity index (χ4v) is 4.96. The maximum Gasteiger partial charge on any atom is 0.272 e. The Kier molecular flexibility index (Phi) is 4.93. The van der Waals surface area contributed by atoms with Crippen LogP contribution in [0.25, 0.3) is 0 Å². The van der Waals surface area contributed by atoms with E-state index in [1.807, 2.05) is 24.0 Å². The van der Waals surface area contributed by atoms with Crippen molar-refractivity contribution in [1.29, 1.82) is 0 Å². The summed E-state index contributed by atoms with van der Waals surface area (Å²) in [5.74, 6) is 0.359. The summed E-state index contributed by atoms with van der Waals surface area (Å²) in [4.78, 5) is 36.1. The average Bonchev–Trinajstić information content (AvgIpc) is 3.10. The molecule has 3 aliphatic rings. The smallest absolute Gasteiger partial charge is 0.272 e. The number of nitrogens with zero attached hydrogens (tertiary/aromatic N) is 4. The molecule has 0 bridgehead atoms. The first-order valence-electron chi connectivity index (χ1n) is 10.2. The lowest BCUT2D eigenvalue weighted by atomic mass is 9.72. The molecule has 1 atom stereocenters. The second-order valence-corrected chi connectivity index (χ2v) is 8.68. The number of amides is 2. The number of likely N-dealkylation sites (N-methyl/N-ethyl adjacent to an activating group) is 1. The Morgan fingerprint density at radius 3 is 2.63 bits per heavy atom. The lowest BCUT2D eigenvalue weighted by Crippen LogP contribution is -2.55. The largest absolute Gasteiger partial charge is 0.338 e. The molecule has 1 aromatic heterocycles. The molecule has 2 amide bonds. The van der Waals surface area contributed by atoms with Crippen LogP contribution < -0.4 is 0 Å². The van der Waals surface area contributed by atoms with Gasteiger partial charge in [-0.05, 0) is 63.7 Å². The highest BCUT2D eigenvalue weighted by atomic mass is 16.2. The first-order chi connectivity index (χ1) is 13.0. The molecule has 146 valence electrons. The van der Waals surface area contributed by atoms with Crippen LogP contribution >= 0.6 is 0 Å². The number of carbonyl (C=O) groups is 2. The summed E-state index contributed by atoms with van der Waals surface area (Å²) in [5, 5.41) is 0. The van der Waals surface area contributed by atoms with Gasteiger partial charge in [0.05, 0.1) is 0 Å². The molecule has 6 nitrogen and oxygen atoms in total. The van der Waals surface area contributed by atoms with E-state index >= 15 is 0 Å². The third kappa shape index (κ3) is 3.72. The normalized spacial score (nSPS) is 26.0. The van der Waals surface area contributed by atoms with Gasteiger partial charge >= 0.3 is 0 Å². The molecule has 3 fully saturated rings. The molecule has 27 heavy (non-hydrogen) atoms. The summed E-state index contributed by atoms with van der Waals surface area (Å²) in [6, 6.07) is 5.98. The van der Waals surface area contributed by atoms with Gasteiger partial charge in [0.2, 0.25) is 5.91 Å². The number of hydrogen-bond acceptors (Lipinski definition) is 4. The van der Waals surface area contributed by atoms with Crippen LogP contribution in [0.4, 0.5) is 0 Å². The topological polar surface area (TPSA) is 56.8 Å². The Bertz CT molecular complexity index is 727. The molecule has 1 spiro atoms. The zero-order chi connectivity index (χ0) is 19.0. The first-order valence-corrected chi connectivity index (χ1v) is 10.2. The Hall–Kier alpha value is -1.95. The number of aromatic nitrogens is 1. The fourth-order valence-electron chi connectivity index (χ4n) is 4.96. The summed E-state index contributed by atoms with van der Waals surface area (Å²) in [5.41, 5.74) is 1.60. The fraction of sp³-hybridized carbons (Fsp3) is 0.667. The van der Waals surface area contributed by atoms with Gasteiger partial charge in [-0.15, -0.1) is 0 Å². The van der Waals surface area contributed by atoms with Crippen LogP contribution in [0.2, 0.25) is 0 Å². The van der Waals surface area contributed by atoms with E-state index < -0.39 is 0 Å². The predicted octanol–water partition coefficient (Wildman–Crippen LogP) is 1.94. The van der Waals surface area contributed by atoms with Crippen LogP contribution in [0.15, 0.2) is 18.2 Å². The quantitative estimate of drug-likeness (QED) is 0.798. The van der Waals surface area contributed by atoms with Crippen LogP contribution in [0.3, 0.4) is 0 Å². The van der Waals surface area contributed by atoms with E-state index in [-0.39, 0.29) is 11.3 Å². The third-order valence-electron chi connectivity index (χ3n) is 6.72. The van der Waals surface area contributed by atoms with Gasteiger partial charge in [0.1, 0.15) is 5.69 Å². The minimum Gasteiger partial charge on any atom is -0.338 e. The molecule has 4 rings (SSSR count). The standard InChI is InChI=1S/C21H30N4O2/c1-16-4-3-5-18(22-16)20(27)24-12-9-21(10-13-24)8-6-19(26)25(15-21)17-7-11-23(2)14-17/h3-5,17H,6-15H2,1-2H3. The van der Waals surface area contributed by atoms with E-state index in [0.717, 1.165) is 64.1 Å². The molecule has 0 aliphatic carbocycles. The van der Waals surface area contributed by atoms with Gasteiger partial charge in [0.15, 0.2) is 0 Å². The number of pyridine rings is 1. The van der Waals surface area contributed by atoms with Crippen molar-refractivity contribution in [2.75, 3.05) is 39.8 Å². The summed E-state index contributed by atoms with van der Waals surface area (Å²) < 4.78 is 0. The molecule has 0 saturated carbocycles. The van der Waals surface area contributed by atoms with Crippen molar-refractivity contribution in [2.24, 2.45) is 5.41 Å². The number of likely N-dealkylation sites (tertiary alicyclic amines) is 3. The summed E-state index contributed by atoms with van der Waals surface area (Å²) in [6.07, 6.45) is 4.68. The maximum absolute atomic E-state index is 12.8. The minimum absolute atomic E-state index is 0.0368.